The fourth-order valence-corrected chi connectivity index (χ4v) is 2.73. The molecule has 2 aromatic rings. The zero-order chi connectivity index (χ0) is 12.4. The molecule has 1 aliphatic heterocycles. The summed E-state index contributed by atoms with van der Waals surface area (Å²) in [6, 6.07) is 1.98. The van der Waals surface area contributed by atoms with E-state index >= 15 is 0 Å². The van der Waals surface area contributed by atoms with Crippen LogP contribution in [0.25, 0.3) is 11.4 Å². The lowest BCUT2D eigenvalue weighted by atomic mass is 10.1. The molecule has 0 aliphatic carbocycles. The molecule has 18 heavy (non-hydrogen) atoms. The molecule has 5 nitrogen and oxygen atoms in total. The van der Waals surface area contributed by atoms with Gasteiger partial charge in [-0.15, -0.1) is 0 Å². The molecule has 0 aromatic carbocycles. The van der Waals surface area contributed by atoms with Crippen LogP contribution in [0.5, 0.6) is 0 Å². The van der Waals surface area contributed by atoms with Crippen molar-refractivity contribution in [1.29, 1.82) is 0 Å². The third-order valence-corrected chi connectivity index (χ3v) is 3.85. The Balaban J connectivity index is 1.64. The molecule has 1 fully saturated rings. The third-order valence-electron chi connectivity index (χ3n) is 3.16. The molecule has 6 heteroatoms. The van der Waals surface area contributed by atoms with Crippen molar-refractivity contribution < 1.29 is 9.63 Å². The van der Waals surface area contributed by atoms with Gasteiger partial charge in [0.2, 0.25) is 11.7 Å². The van der Waals surface area contributed by atoms with Crippen LogP contribution >= 0.6 is 11.3 Å². The Hall–Kier alpha value is -1.24. The quantitative estimate of drug-likeness (QED) is 0.916. The van der Waals surface area contributed by atoms with Gasteiger partial charge in [-0.3, -0.25) is 4.90 Å². The second-order valence-corrected chi connectivity index (χ2v) is 5.31. The SMILES string of the molecule is OC1CCN(Cc2nc(-c3ccsc3)no2)CC1. The van der Waals surface area contributed by atoms with Gasteiger partial charge in [-0.2, -0.15) is 16.3 Å². The van der Waals surface area contributed by atoms with Crippen molar-refractivity contribution >= 4 is 11.3 Å². The molecule has 0 amide bonds. The molecule has 0 atom stereocenters. The van der Waals surface area contributed by atoms with Gasteiger partial charge in [-0.05, 0) is 24.3 Å². The molecule has 0 bridgehead atoms. The van der Waals surface area contributed by atoms with Gasteiger partial charge < -0.3 is 9.63 Å². The van der Waals surface area contributed by atoms with Crippen LogP contribution < -0.4 is 0 Å². The number of rotatable bonds is 3. The van der Waals surface area contributed by atoms with Gasteiger partial charge >= 0.3 is 0 Å². The van der Waals surface area contributed by atoms with Crippen LogP contribution in [0.3, 0.4) is 0 Å². The minimum absolute atomic E-state index is 0.148. The highest BCUT2D eigenvalue weighted by Gasteiger charge is 2.19. The minimum atomic E-state index is -0.148. The second-order valence-electron chi connectivity index (χ2n) is 4.53. The van der Waals surface area contributed by atoms with Crippen LogP contribution in [0.15, 0.2) is 21.3 Å². The van der Waals surface area contributed by atoms with Crippen LogP contribution in [0.4, 0.5) is 0 Å². The number of hydrogen-bond donors (Lipinski definition) is 1. The first-order valence-electron chi connectivity index (χ1n) is 6.07. The molecule has 96 valence electrons. The Morgan fingerprint density at radius 1 is 1.44 bits per heavy atom. The largest absolute Gasteiger partial charge is 0.393 e. The molecule has 2 aromatic heterocycles. The number of thiophene rings is 1. The molecular weight excluding hydrogens is 250 g/mol. The van der Waals surface area contributed by atoms with Crippen molar-refractivity contribution in [2.24, 2.45) is 0 Å². The maximum absolute atomic E-state index is 9.45. The maximum Gasteiger partial charge on any atom is 0.241 e. The summed E-state index contributed by atoms with van der Waals surface area (Å²) in [6.07, 6.45) is 1.50. The number of hydrogen-bond acceptors (Lipinski definition) is 6. The highest BCUT2D eigenvalue weighted by molar-refractivity contribution is 7.08. The molecule has 3 heterocycles. The Bertz CT molecular complexity index is 489. The highest BCUT2D eigenvalue weighted by atomic mass is 32.1. The van der Waals surface area contributed by atoms with Crippen LogP contribution in [0.1, 0.15) is 18.7 Å². The van der Waals surface area contributed by atoms with E-state index in [9.17, 15) is 5.11 Å². The van der Waals surface area contributed by atoms with E-state index < -0.39 is 0 Å². The number of aliphatic hydroxyl groups excluding tert-OH is 1. The fraction of sp³-hybridized carbons (Fsp3) is 0.500. The summed E-state index contributed by atoms with van der Waals surface area (Å²) in [4.78, 5) is 6.62. The van der Waals surface area contributed by atoms with Crippen molar-refractivity contribution in [2.45, 2.75) is 25.5 Å². The normalized spacial score (nSPS) is 18.3. The van der Waals surface area contributed by atoms with E-state index in [4.69, 9.17) is 4.52 Å². The molecule has 1 aliphatic rings. The average Bonchev–Trinajstić information content (AvgIpc) is 3.02. The van der Waals surface area contributed by atoms with E-state index in [2.05, 4.69) is 15.0 Å². The Kier molecular flexibility index (Phi) is 3.40. The van der Waals surface area contributed by atoms with Gasteiger partial charge in [-0.1, -0.05) is 5.16 Å². The number of nitrogens with zero attached hydrogens (tertiary/aromatic N) is 3. The highest BCUT2D eigenvalue weighted by Crippen LogP contribution is 2.19. The van der Waals surface area contributed by atoms with Crippen molar-refractivity contribution in [1.82, 2.24) is 15.0 Å². The summed E-state index contributed by atoms with van der Waals surface area (Å²) in [5.41, 5.74) is 1.00. The van der Waals surface area contributed by atoms with Crippen molar-refractivity contribution in [3.8, 4) is 11.4 Å². The summed E-state index contributed by atoms with van der Waals surface area (Å²) >= 11 is 1.62. The molecule has 0 radical (unpaired) electrons. The van der Waals surface area contributed by atoms with Crippen molar-refractivity contribution in [2.75, 3.05) is 13.1 Å². The van der Waals surface area contributed by atoms with E-state index in [-0.39, 0.29) is 6.10 Å². The zero-order valence-electron chi connectivity index (χ0n) is 9.95. The van der Waals surface area contributed by atoms with Gasteiger partial charge in [0.1, 0.15) is 0 Å². The van der Waals surface area contributed by atoms with Crippen LogP contribution in [-0.4, -0.2) is 39.3 Å². The Morgan fingerprint density at radius 2 is 2.28 bits per heavy atom. The lowest BCUT2D eigenvalue weighted by Gasteiger charge is -2.27. The standard InChI is InChI=1S/C12H15N3O2S/c16-10-1-4-15(5-2-10)7-11-13-12(14-17-11)9-3-6-18-8-9/h3,6,8,10,16H,1-2,4-5,7H2. The first-order chi connectivity index (χ1) is 8.81. The van der Waals surface area contributed by atoms with Crippen LogP contribution in [0.2, 0.25) is 0 Å². The summed E-state index contributed by atoms with van der Waals surface area (Å²) < 4.78 is 5.26. The fourth-order valence-electron chi connectivity index (χ4n) is 2.10. The predicted octanol–water partition coefficient (Wildman–Crippen LogP) is 1.75. The van der Waals surface area contributed by atoms with Gasteiger partial charge in [0.25, 0.3) is 0 Å². The van der Waals surface area contributed by atoms with E-state index in [1.54, 1.807) is 11.3 Å². The monoisotopic (exact) mass is 265 g/mol. The smallest absolute Gasteiger partial charge is 0.241 e. The topological polar surface area (TPSA) is 62.4 Å². The Morgan fingerprint density at radius 3 is 3.00 bits per heavy atom. The van der Waals surface area contributed by atoms with Gasteiger partial charge in [0, 0.05) is 24.0 Å². The summed E-state index contributed by atoms with van der Waals surface area (Å²) in [7, 11) is 0. The van der Waals surface area contributed by atoms with Crippen molar-refractivity contribution in [3.05, 3.63) is 22.7 Å². The molecule has 0 unspecified atom stereocenters. The third kappa shape index (κ3) is 2.60. The molecule has 0 spiro atoms. The summed E-state index contributed by atoms with van der Waals surface area (Å²) in [5.74, 6) is 1.30. The first-order valence-corrected chi connectivity index (χ1v) is 7.01. The van der Waals surface area contributed by atoms with Gasteiger partial charge in [0.15, 0.2) is 0 Å². The molecular formula is C12H15N3O2S. The number of likely N-dealkylation sites (tertiary alicyclic amines) is 1. The molecule has 1 saturated heterocycles. The summed E-state index contributed by atoms with van der Waals surface area (Å²) in [6.45, 7) is 2.44. The zero-order valence-corrected chi connectivity index (χ0v) is 10.8. The average molecular weight is 265 g/mol. The predicted molar refractivity (Wildman–Crippen MR) is 68.1 cm³/mol. The second kappa shape index (κ2) is 5.17. The number of aromatic nitrogens is 2. The van der Waals surface area contributed by atoms with E-state index in [0.717, 1.165) is 31.5 Å². The van der Waals surface area contributed by atoms with E-state index in [1.807, 2.05) is 16.8 Å². The van der Waals surface area contributed by atoms with Gasteiger partial charge in [-0.25, -0.2) is 0 Å². The van der Waals surface area contributed by atoms with Gasteiger partial charge in [0.05, 0.1) is 12.6 Å². The lowest BCUT2D eigenvalue weighted by molar-refractivity contribution is 0.0740. The van der Waals surface area contributed by atoms with Crippen LogP contribution in [-0.2, 0) is 6.54 Å². The maximum atomic E-state index is 9.45. The molecule has 1 N–H and O–H groups in total. The molecule has 3 rings (SSSR count). The number of piperidine rings is 1. The molecule has 0 saturated carbocycles. The van der Waals surface area contributed by atoms with Crippen molar-refractivity contribution in [3.63, 3.8) is 0 Å². The van der Waals surface area contributed by atoms with E-state index in [0.29, 0.717) is 18.3 Å². The van der Waals surface area contributed by atoms with Crippen LogP contribution in [0, 0.1) is 0 Å². The Labute approximate surface area is 109 Å². The minimum Gasteiger partial charge on any atom is -0.393 e. The summed E-state index contributed by atoms with van der Waals surface area (Å²) in [5, 5.41) is 17.4. The lowest BCUT2D eigenvalue weighted by Crippen LogP contribution is -2.35. The van der Waals surface area contributed by atoms with E-state index in [1.165, 1.54) is 0 Å². The first kappa shape index (κ1) is 11.8. The number of aliphatic hydroxyl groups is 1.